The summed E-state index contributed by atoms with van der Waals surface area (Å²) in [6, 6.07) is 12.2. The van der Waals surface area contributed by atoms with Crippen LogP contribution in [0.5, 0.6) is 5.75 Å². The minimum Gasteiger partial charge on any atom is -0.508 e. The molecule has 0 bridgehead atoms. The highest BCUT2D eigenvalue weighted by atomic mass is 35.5. The third kappa shape index (κ3) is 2.75. The number of hydrogen-bond acceptors (Lipinski definition) is 5. The zero-order valence-electron chi connectivity index (χ0n) is 12.4. The predicted octanol–water partition coefficient (Wildman–Crippen LogP) is 3.89. The number of pyridine rings is 2. The third-order valence-electron chi connectivity index (χ3n) is 3.53. The van der Waals surface area contributed by atoms with Gasteiger partial charge in [0.25, 0.3) is 0 Å². The summed E-state index contributed by atoms with van der Waals surface area (Å²) >= 11 is 6.22. The van der Waals surface area contributed by atoms with Crippen molar-refractivity contribution in [2.45, 2.75) is 0 Å². The van der Waals surface area contributed by atoms with Gasteiger partial charge in [0.2, 0.25) is 5.95 Å². The lowest BCUT2D eigenvalue weighted by molar-refractivity contribution is 0.475. The van der Waals surface area contributed by atoms with Crippen LogP contribution in [-0.2, 0) is 0 Å². The average molecular weight is 338 g/mol. The van der Waals surface area contributed by atoms with Crippen LogP contribution in [0.25, 0.3) is 16.8 Å². The normalized spacial score (nSPS) is 10.9. The van der Waals surface area contributed by atoms with Crippen molar-refractivity contribution in [1.29, 1.82) is 0 Å². The zero-order chi connectivity index (χ0) is 16.5. The van der Waals surface area contributed by atoms with E-state index < -0.39 is 0 Å². The monoisotopic (exact) mass is 337 g/mol. The van der Waals surface area contributed by atoms with Crippen LogP contribution < -0.4 is 5.32 Å². The molecule has 0 aliphatic rings. The Morgan fingerprint density at radius 2 is 1.88 bits per heavy atom. The van der Waals surface area contributed by atoms with E-state index in [1.54, 1.807) is 35.1 Å². The number of phenols is 1. The molecule has 3 heterocycles. The number of aromatic nitrogens is 4. The molecule has 4 aromatic rings. The van der Waals surface area contributed by atoms with Crippen molar-refractivity contribution >= 4 is 28.9 Å². The van der Waals surface area contributed by atoms with Gasteiger partial charge in [0.1, 0.15) is 5.75 Å². The Balaban J connectivity index is 1.72. The summed E-state index contributed by atoms with van der Waals surface area (Å²) < 4.78 is 1.67. The lowest BCUT2D eigenvalue weighted by Gasteiger charge is -2.05. The van der Waals surface area contributed by atoms with E-state index in [9.17, 15) is 5.11 Å². The zero-order valence-corrected chi connectivity index (χ0v) is 13.1. The highest BCUT2D eigenvalue weighted by molar-refractivity contribution is 6.33. The average Bonchev–Trinajstić information content (AvgIpc) is 2.99. The van der Waals surface area contributed by atoms with Gasteiger partial charge in [-0.3, -0.25) is 4.98 Å². The van der Waals surface area contributed by atoms with Crippen LogP contribution in [0.2, 0.25) is 5.02 Å². The van der Waals surface area contributed by atoms with Crippen LogP contribution in [0.3, 0.4) is 0 Å². The Kier molecular flexibility index (Phi) is 3.51. The molecule has 0 aliphatic carbocycles. The molecule has 6 nitrogen and oxygen atoms in total. The quantitative estimate of drug-likeness (QED) is 0.593. The number of phenolic OH excluding ortho intramolecular Hbond substituents is 1. The number of rotatable bonds is 3. The molecule has 0 amide bonds. The molecule has 4 rings (SSSR count). The van der Waals surface area contributed by atoms with Crippen molar-refractivity contribution in [2.75, 3.05) is 5.32 Å². The molecular formula is C17H12ClN5O. The lowest BCUT2D eigenvalue weighted by atomic mass is 10.1. The van der Waals surface area contributed by atoms with E-state index in [0.29, 0.717) is 16.6 Å². The minimum atomic E-state index is 0.160. The number of anilines is 2. The fourth-order valence-electron chi connectivity index (χ4n) is 2.39. The molecule has 118 valence electrons. The van der Waals surface area contributed by atoms with Crippen LogP contribution in [0.15, 0.2) is 61.1 Å². The Bertz CT molecular complexity index is 1020. The molecule has 0 fully saturated rings. The van der Waals surface area contributed by atoms with Gasteiger partial charge in [0.05, 0.1) is 0 Å². The number of halogens is 1. The molecule has 0 aliphatic heterocycles. The molecule has 0 radical (unpaired) electrons. The van der Waals surface area contributed by atoms with Gasteiger partial charge in [-0.15, -0.1) is 5.10 Å². The molecule has 0 saturated heterocycles. The first-order valence-corrected chi connectivity index (χ1v) is 7.59. The summed E-state index contributed by atoms with van der Waals surface area (Å²) in [5.41, 5.74) is 3.13. The van der Waals surface area contributed by atoms with E-state index in [1.807, 2.05) is 30.5 Å². The Morgan fingerprint density at radius 1 is 1.04 bits per heavy atom. The van der Waals surface area contributed by atoms with Crippen LogP contribution in [0.1, 0.15) is 0 Å². The van der Waals surface area contributed by atoms with Gasteiger partial charge in [-0.2, -0.15) is 4.98 Å². The number of hydrogen-bond donors (Lipinski definition) is 2. The summed E-state index contributed by atoms with van der Waals surface area (Å²) in [5.74, 6) is 0.647. The van der Waals surface area contributed by atoms with Crippen molar-refractivity contribution in [1.82, 2.24) is 19.6 Å². The van der Waals surface area contributed by atoms with E-state index in [0.717, 1.165) is 16.8 Å². The van der Waals surface area contributed by atoms with Crippen LogP contribution in [0.4, 0.5) is 11.6 Å². The third-order valence-corrected chi connectivity index (χ3v) is 3.86. The Labute approximate surface area is 142 Å². The molecule has 1 aromatic carbocycles. The molecule has 0 saturated carbocycles. The molecule has 0 spiro atoms. The standard InChI is InChI=1S/C17H12ClN5O/c18-15-3-2-13(24)9-14(15)11-1-4-16-21-17(22-23(16)10-11)20-12-5-7-19-8-6-12/h1-10,24H,(H,19,20,22). The number of benzene rings is 1. The Morgan fingerprint density at radius 3 is 2.71 bits per heavy atom. The van der Waals surface area contributed by atoms with E-state index >= 15 is 0 Å². The maximum absolute atomic E-state index is 9.67. The Hall–Kier alpha value is -3.12. The summed E-state index contributed by atoms with van der Waals surface area (Å²) in [6.07, 6.45) is 5.21. The fourth-order valence-corrected chi connectivity index (χ4v) is 2.62. The first-order valence-electron chi connectivity index (χ1n) is 7.21. The predicted molar refractivity (Wildman–Crippen MR) is 92.6 cm³/mol. The van der Waals surface area contributed by atoms with Gasteiger partial charge >= 0.3 is 0 Å². The highest BCUT2D eigenvalue weighted by Crippen LogP contribution is 2.31. The largest absolute Gasteiger partial charge is 0.508 e. The SMILES string of the molecule is Oc1ccc(Cl)c(-c2ccc3nc(Nc4ccncc4)nn3c2)c1. The van der Waals surface area contributed by atoms with Gasteiger partial charge in [0.15, 0.2) is 5.65 Å². The van der Waals surface area contributed by atoms with Crippen molar-refractivity contribution in [3.8, 4) is 16.9 Å². The topological polar surface area (TPSA) is 75.3 Å². The summed E-state index contributed by atoms with van der Waals surface area (Å²) in [4.78, 5) is 8.39. The van der Waals surface area contributed by atoms with Crippen LogP contribution >= 0.6 is 11.6 Å². The second-order valence-electron chi connectivity index (χ2n) is 5.18. The first kappa shape index (κ1) is 14.5. The van der Waals surface area contributed by atoms with Crippen LogP contribution in [-0.4, -0.2) is 24.7 Å². The second-order valence-corrected chi connectivity index (χ2v) is 5.59. The first-order chi connectivity index (χ1) is 11.7. The van der Waals surface area contributed by atoms with Gasteiger partial charge < -0.3 is 10.4 Å². The highest BCUT2D eigenvalue weighted by Gasteiger charge is 2.09. The van der Waals surface area contributed by atoms with Gasteiger partial charge in [0, 0.05) is 40.4 Å². The molecule has 7 heteroatoms. The van der Waals surface area contributed by atoms with Crippen molar-refractivity contribution in [3.63, 3.8) is 0 Å². The van der Waals surface area contributed by atoms with E-state index in [2.05, 4.69) is 20.4 Å². The van der Waals surface area contributed by atoms with Gasteiger partial charge in [-0.05, 0) is 42.5 Å². The summed E-state index contributed by atoms with van der Waals surface area (Å²) in [7, 11) is 0. The minimum absolute atomic E-state index is 0.160. The van der Waals surface area contributed by atoms with Crippen molar-refractivity contribution < 1.29 is 5.11 Å². The fraction of sp³-hybridized carbons (Fsp3) is 0. The molecule has 2 N–H and O–H groups in total. The van der Waals surface area contributed by atoms with Gasteiger partial charge in [-0.1, -0.05) is 11.6 Å². The van der Waals surface area contributed by atoms with Crippen LogP contribution in [0, 0.1) is 0 Å². The maximum Gasteiger partial charge on any atom is 0.247 e. The van der Waals surface area contributed by atoms with E-state index in [-0.39, 0.29) is 5.75 Å². The molecular weight excluding hydrogens is 326 g/mol. The molecule has 24 heavy (non-hydrogen) atoms. The number of nitrogens with one attached hydrogen (secondary N) is 1. The smallest absolute Gasteiger partial charge is 0.247 e. The summed E-state index contributed by atoms with van der Waals surface area (Å²) in [6.45, 7) is 0. The number of fused-ring (bicyclic) bond motifs is 1. The van der Waals surface area contributed by atoms with Crippen molar-refractivity contribution in [3.05, 3.63) is 66.1 Å². The molecule has 3 aromatic heterocycles. The van der Waals surface area contributed by atoms with Crippen molar-refractivity contribution in [2.24, 2.45) is 0 Å². The lowest BCUT2D eigenvalue weighted by Crippen LogP contribution is -1.93. The number of aromatic hydroxyl groups is 1. The van der Waals surface area contributed by atoms with Gasteiger partial charge in [-0.25, -0.2) is 4.52 Å². The molecule has 0 atom stereocenters. The van der Waals surface area contributed by atoms with E-state index in [1.165, 1.54) is 0 Å². The molecule has 0 unspecified atom stereocenters. The number of nitrogens with zero attached hydrogens (tertiary/aromatic N) is 4. The maximum atomic E-state index is 9.67. The summed E-state index contributed by atoms with van der Waals surface area (Å²) in [5, 5.41) is 17.8. The van der Waals surface area contributed by atoms with E-state index in [4.69, 9.17) is 11.6 Å². The second kappa shape index (κ2) is 5.82.